The Labute approximate surface area is 108 Å². The first-order valence-electron chi connectivity index (χ1n) is 6.34. The van der Waals surface area contributed by atoms with E-state index in [1.165, 1.54) is 5.56 Å². The van der Waals surface area contributed by atoms with Crippen LogP contribution in [0.3, 0.4) is 0 Å². The smallest absolute Gasteiger partial charge is 0.0762 e. The maximum Gasteiger partial charge on any atom is 0.0762 e. The molecule has 0 radical (unpaired) electrons. The van der Waals surface area contributed by atoms with Crippen molar-refractivity contribution < 1.29 is 0 Å². The van der Waals surface area contributed by atoms with Crippen molar-refractivity contribution in [2.45, 2.75) is 33.5 Å². The molecule has 0 fully saturated rings. The fraction of sp³-hybridized carbons (Fsp3) is 0.538. The van der Waals surface area contributed by atoms with E-state index >= 15 is 0 Å². The molecular formula is C13H21N5. The van der Waals surface area contributed by atoms with E-state index in [1.807, 2.05) is 35.0 Å². The molecule has 2 aromatic rings. The Morgan fingerprint density at radius 3 is 2.83 bits per heavy atom. The van der Waals surface area contributed by atoms with E-state index in [0.717, 1.165) is 25.3 Å². The summed E-state index contributed by atoms with van der Waals surface area (Å²) in [6.07, 6.45) is 5.94. The maximum absolute atomic E-state index is 4.52. The molecule has 1 N–H and O–H groups in total. The first-order chi connectivity index (χ1) is 8.63. The zero-order valence-electron chi connectivity index (χ0n) is 11.3. The van der Waals surface area contributed by atoms with E-state index in [1.54, 1.807) is 0 Å². The molecule has 18 heavy (non-hydrogen) atoms. The molecule has 0 amide bonds. The van der Waals surface area contributed by atoms with Crippen molar-refractivity contribution >= 4 is 0 Å². The molecule has 0 bridgehead atoms. The topological polar surface area (TPSA) is 47.7 Å². The number of hydrogen-bond donors (Lipinski definition) is 1. The second-order valence-corrected chi connectivity index (χ2v) is 5.05. The molecule has 0 aliphatic carbocycles. The standard InChI is InChI=1S/C13H21N5/c1-11(2)9-18-5-4-13(16-18)8-14-6-12-7-15-17(3)10-12/h4-5,7,10-11,14H,6,8-9H2,1-3H3. The van der Waals surface area contributed by atoms with Crippen molar-refractivity contribution in [3.8, 4) is 0 Å². The van der Waals surface area contributed by atoms with Gasteiger partial charge in [-0.1, -0.05) is 13.8 Å². The van der Waals surface area contributed by atoms with E-state index in [2.05, 4.69) is 35.4 Å². The summed E-state index contributed by atoms with van der Waals surface area (Å²) in [6.45, 7) is 6.98. The largest absolute Gasteiger partial charge is 0.307 e. The summed E-state index contributed by atoms with van der Waals surface area (Å²) in [4.78, 5) is 0. The lowest BCUT2D eigenvalue weighted by Gasteiger charge is -2.04. The molecular weight excluding hydrogens is 226 g/mol. The number of aryl methyl sites for hydroxylation is 1. The zero-order chi connectivity index (χ0) is 13.0. The summed E-state index contributed by atoms with van der Waals surface area (Å²) in [7, 11) is 1.93. The van der Waals surface area contributed by atoms with Crippen LogP contribution in [0.1, 0.15) is 25.1 Å². The van der Waals surface area contributed by atoms with Gasteiger partial charge in [-0.2, -0.15) is 10.2 Å². The monoisotopic (exact) mass is 247 g/mol. The second-order valence-electron chi connectivity index (χ2n) is 5.05. The number of nitrogens with one attached hydrogen (secondary N) is 1. The van der Waals surface area contributed by atoms with Gasteiger partial charge in [0.25, 0.3) is 0 Å². The average Bonchev–Trinajstić information content (AvgIpc) is 2.88. The number of nitrogens with zero attached hydrogens (tertiary/aromatic N) is 4. The Morgan fingerprint density at radius 1 is 1.33 bits per heavy atom. The van der Waals surface area contributed by atoms with E-state index in [9.17, 15) is 0 Å². The Morgan fingerprint density at radius 2 is 2.17 bits per heavy atom. The number of hydrogen-bond acceptors (Lipinski definition) is 3. The lowest BCUT2D eigenvalue weighted by molar-refractivity contribution is 0.477. The first-order valence-corrected chi connectivity index (χ1v) is 6.34. The molecule has 2 rings (SSSR count). The van der Waals surface area contributed by atoms with Crippen LogP contribution in [0.5, 0.6) is 0 Å². The van der Waals surface area contributed by atoms with Gasteiger partial charge in [0, 0.05) is 44.6 Å². The minimum atomic E-state index is 0.626. The summed E-state index contributed by atoms with van der Waals surface area (Å²) in [6, 6.07) is 2.07. The van der Waals surface area contributed by atoms with Gasteiger partial charge in [0.1, 0.15) is 0 Å². The Hall–Kier alpha value is -1.62. The van der Waals surface area contributed by atoms with Crippen molar-refractivity contribution in [2.24, 2.45) is 13.0 Å². The van der Waals surface area contributed by atoms with Gasteiger partial charge in [-0.05, 0) is 12.0 Å². The fourth-order valence-corrected chi connectivity index (χ4v) is 1.87. The van der Waals surface area contributed by atoms with Gasteiger partial charge in [-0.15, -0.1) is 0 Å². The quantitative estimate of drug-likeness (QED) is 0.842. The SMILES string of the molecule is CC(C)Cn1ccc(CNCc2cnn(C)c2)n1. The lowest BCUT2D eigenvalue weighted by atomic mass is 10.2. The van der Waals surface area contributed by atoms with Gasteiger partial charge in [-0.25, -0.2) is 0 Å². The van der Waals surface area contributed by atoms with Crippen molar-refractivity contribution in [3.05, 3.63) is 35.9 Å². The minimum Gasteiger partial charge on any atom is -0.307 e. The molecule has 2 aromatic heterocycles. The molecule has 0 spiro atoms. The summed E-state index contributed by atoms with van der Waals surface area (Å²) in [5, 5.41) is 12.0. The van der Waals surface area contributed by atoms with Crippen LogP contribution in [-0.4, -0.2) is 19.6 Å². The van der Waals surface area contributed by atoms with Crippen LogP contribution in [-0.2, 0) is 26.7 Å². The summed E-state index contributed by atoms with van der Waals surface area (Å²) in [5.74, 6) is 0.626. The highest BCUT2D eigenvalue weighted by Crippen LogP contribution is 2.01. The fourth-order valence-electron chi connectivity index (χ4n) is 1.87. The predicted octanol–water partition coefficient (Wildman–Crippen LogP) is 1.56. The van der Waals surface area contributed by atoms with Gasteiger partial charge in [0.05, 0.1) is 11.9 Å². The molecule has 0 aromatic carbocycles. The molecule has 2 heterocycles. The van der Waals surface area contributed by atoms with Gasteiger partial charge in [0.15, 0.2) is 0 Å². The van der Waals surface area contributed by atoms with Crippen molar-refractivity contribution in [2.75, 3.05) is 0 Å². The molecule has 5 nitrogen and oxygen atoms in total. The average molecular weight is 247 g/mol. The van der Waals surface area contributed by atoms with Crippen LogP contribution in [0, 0.1) is 5.92 Å². The van der Waals surface area contributed by atoms with Gasteiger partial charge in [-0.3, -0.25) is 9.36 Å². The second kappa shape index (κ2) is 5.82. The van der Waals surface area contributed by atoms with Crippen LogP contribution in [0.25, 0.3) is 0 Å². The normalized spacial score (nSPS) is 11.3. The summed E-state index contributed by atoms with van der Waals surface area (Å²) in [5.41, 5.74) is 2.28. The van der Waals surface area contributed by atoms with Crippen molar-refractivity contribution in [3.63, 3.8) is 0 Å². The van der Waals surface area contributed by atoms with Crippen LogP contribution < -0.4 is 5.32 Å². The summed E-state index contributed by atoms with van der Waals surface area (Å²) >= 11 is 0. The van der Waals surface area contributed by atoms with Gasteiger partial charge in [0.2, 0.25) is 0 Å². The highest BCUT2D eigenvalue weighted by Gasteiger charge is 2.01. The third-order valence-electron chi connectivity index (χ3n) is 2.64. The lowest BCUT2D eigenvalue weighted by Crippen LogP contribution is -2.13. The maximum atomic E-state index is 4.52. The third kappa shape index (κ3) is 3.70. The highest BCUT2D eigenvalue weighted by atomic mass is 15.3. The van der Waals surface area contributed by atoms with Crippen molar-refractivity contribution in [1.29, 1.82) is 0 Å². The predicted molar refractivity (Wildman–Crippen MR) is 70.8 cm³/mol. The highest BCUT2D eigenvalue weighted by molar-refractivity contribution is 5.04. The Bertz CT molecular complexity index is 483. The molecule has 98 valence electrons. The van der Waals surface area contributed by atoms with Crippen LogP contribution in [0.2, 0.25) is 0 Å². The van der Waals surface area contributed by atoms with Crippen LogP contribution in [0.15, 0.2) is 24.7 Å². The molecule has 0 saturated carbocycles. The molecule has 0 aliphatic heterocycles. The molecule has 5 heteroatoms. The minimum absolute atomic E-state index is 0.626. The molecule has 0 saturated heterocycles. The Balaban J connectivity index is 1.78. The van der Waals surface area contributed by atoms with Crippen LogP contribution in [0.4, 0.5) is 0 Å². The van der Waals surface area contributed by atoms with Gasteiger partial charge < -0.3 is 5.32 Å². The zero-order valence-corrected chi connectivity index (χ0v) is 11.3. The van der Waals surface area contributed by atoms with E-state index < -0.39 is 0 Å². The van der Waals surface area contributed by atoms with E-state index in [-0.39, 0.29) is 0 Å². The molecule has 0 aliphatic rings. The number of aromatic nitrogens is 4. The molecule has 0 unspecified atom stereocenters. The molecule has 0 atom stereocenters. The van der Waals surface area contributed by atoms with Crippen molar-refractivity contribution in [1.82, 2.24) is 24.9 Å². The number of rotatable bonds is 6. The third-order valence-corrected chi connectivity index (χ3v) is 2.64. The summed E-state index contributed by atoms with van der Waals surface area (Å²) < 4.78 is 3.82. The Kier molecular flexibility index (Phi) is 4.15. The van der Waals surface area contributed by atoms with Crippen LogP contribution >= 0.6 is 0 Å². The van der Waals surface area contributed by atoms with E-state index in [0.29, 0.717) is 5.92 Å². The first kappa shape index (κ1) is 12.8. The van der Waals surface area contributed by atoms with Gasteiger partial charge >= 0.3 is 0 Å². The van der Waals surface area contributed by atoms with E-state index in [4.69, 9.17) is 0 Å².